The second-order valence-corrected chi connectivity index (χ2v) is 11.8. The molecule has 0 saturated carbocycles. The maximum absolute atomic E-state index is 6.15. The topological polar surface area (TPSA) is 9.23 Å². The third kappa shape index (κ3) is 4.41. The standard InChI is InChI=1S/C13H26OSi/c1-12(2)8-11(14-15(5,6)7)9-13(3,4)10-12/h8H,9-10H2,1-7H3. The average molecular weight is 226 g/mol. The van der Waals surface area contributed by atoms with Crippen LogP contribution in [0.1, 0.15) is 40.5 Å². The molecule has 0 radical (unpaired) electrons. The molecular formula is C13H26OSi. The quantitative estimate of drug-likeness (QED) is 0.627. The molecule has 0 heterocycles. The van der Waals surface area contributed by atoms with Crippen molar-refractivity contribution in [2.75, 3.05) is 0 Å². The lowest BCUT2D eigenvalue weighted by molar-refractivity contribution is 0.178. The lowest BCUT2D eigenvalue weighted by Gasteiger charge is -2.40. The third-order valence-corrected chi connectivity index (χ3v) is 3.45. The molecule has 0 atom stereocenters. The van der Waals surface area contributed by atoms with Crippen molar-refractivity contribution in [1.82, 2.24) is 0 Å². The Morgan fingerprint density at radius 2 is 1.67 bits per heavy atom. The molecular weight excluding hydrogens is 200 g/mol. The predicted octanol–water partition coefficient (Wildman–Crippen LogP) is 4.57. The average Bonchev–Trinajstić information content (AvgIpc) is 1.70. The Kier molecular flexibility index (Phi) is 3.12. The summed E-state index contributed by atoms with van der Waals surface area (Å²) < 4.78 is 6.15. The molecule has 0 amide bonds. The molecule has 0 aliphatic heterocycles. The highest BCUT2D eigenvalue weighted by Crippen LogP contribution is 2.45. The Hall–Kier alpha value is -0.243. The molecule has 1 rings (SSSR count). The molecule has 1 aliphatic rings. The lowest BCUT2D eigenvalue weighted by atomic mass is 9.69. The van der Waals surface area contributed by atoms with E-state index in [9.17, 15) is 0 Å². The van der Waals surface area contributed by atoms with Crippen molar-refractivity contribution in [1.29, 1.82) is 0 Å². The van der Waals surface area contributed by atoms with Crippen LogP contribution in [0.3, 0.4) is 0 Å². The summed E-state index contributed by atoms with van der Waals surface area (Å²) in [6.07, 6.45) is 4.69. The van der Waals surface area contributed by atoms with E-state index in [2.05, 4.69) is 53.4 Å². The summed E-state index contributed by atoms with van der Waals surface area (Å²) >= 11 is 0. The summed E-state index contributed by atoms with van der Waals surface area (Å²) in [6, 6.07) is 0. The molecule has 0 unspecified atom stereocenters. The highest BCUT2D eigenvalue weighted by molar-refractivity contribution is 6.70. The fourth-order valence-electron chi connectivity index (χ4n) is 2.76. The molecule has 1 aliphatic carbocycles. The van der Waals surface area contributed by atoms with Crippen LogP contribution in [0, 0.1) is 10.8 Å². The van der Waals surface area contributed by atoms with Gasteiger partial charge in [-0.05, 0) is 43.0 Å². The van der Waals surface area contributed by atoms with Crippen LogP contribution in [0.15, 0.2) is 11.8 Å². The maximum atomic E-state index is 6.15. The number of hydrogen-bond acceptors (Lipinski definition) is 1. The number of rotatable bonds is 2. The summed E-state index contributed by atoms with van der Waals surface area (Å²) in [5.41, 5.74) is 0.671. The first kappa shape index (κ1) is 12.8. The van der Waals surface area contributed by atoms with Gasteiger partial charge in [-0.3, -0.25) is 0 Å². The minimum Gasteiger partial charge on any atom is -0.548 e. The van der Waals surface area contributed by atoms with Crippen LogP contribution in [0.25, 0.3) is 0 Å². The molecule has 0 N–H and O–H groups in total. The first-order valence-corrected chi connectivity index (χ1v) is 9.31. The van der Waals surface area contributed by atoms with Gasteiger partial charge in [0, 0.05) is 6.42 Å². The second-order valence-electron chi connectivity index (χ2n) is 7.33. The molecule has 0 spiro atoms. The van der Waals surface area contributed by atoms with Crippen molar-refractivity contribution in [2.45, 2.75) is 60.2 Å². The maximum Gasteiger partial charge on any atom is 0.241 e. The number of hydrogen-bond donors (Lipinski definition) is 0. The van der Waals surface area contributed by atoms with Crippen LogP contribution >= 0.6 is 0 Å². The second kappa shape index (κ2) is 3.65. The molecule has 1 nitrogen and oxygen atoms in total. The number of allylic oxidation sites excluding steroid dienone is 2. The van der Waals surface area contributed by atoms with Crippen LogP contribution in [-0.4, -0.2) is 8.32 Å². The van der Waals surface area contributed by atoms with Gasteiger partial charge in [0.2, 0.25) is 8.32 Å². The van der Waals surface area contributed by atoms with E-state index in [4.69, 9.17) is 4.43 Å². The van der Waals surface area contributed by atoms with Crippen molar-refractivity contribution >= 4 is 8.32 Å². The van der Waals surface area contributed by atoms with E-state index in [1.54, 1.807) is 0 Å². The predicted molar refractivity (Wildman–Crippen MR) is 69.3 cm³/mol. The zero-order valence-electron chi connectivity index (χ0n) is 11.4. The van der Waals surface area contributed by atoms with Gasteiger partial charge < -0.3 is 4.43 Å². The van der Waals surface area contributed by atoms with E-state index in [0.717, 1.165) is 6.42 Å². The third-order valence-electron chi connectivity index (χ3n) is 2.58. The molecule has 15 heavy (non-hydrogen) atoms. The largest absolute Gasteiger partial charge is 0.548 e. The van der Waals surface area contributed by atoms with Gasteiger partial charge in [-0.1, -0.05) is 27.7 Å². The summed E-state index contributed by atoms with van der Waals surface area (Å²) in [5, 5.41) is 0. The zero-order valence-corrected chi connectivity index (χ0v) is 12.4. The van der Waals surface area contributed by atoms with E-state index < -0.39 is 8.32 Å². The summed E-state index contributed by atoms with van der Waals surface area (Å²) in [7, 11) is -1.44. The Balaban J connectivity index is 2.85. The van der Waals surface area contributed by atoms with E-state index in [1.807, 2.05) is 0 Å². The van der Waals surface area contributed by atoms with Gasteiger partial charge in [-0.25, -0.2) is 0 Å². The van der Waals surface area contributed by atoms with Crippen molar-refractivity contribution in [3.8, 4) is 0 Å². The highest BCUT2D eigenvalue weighted by atomic mass is 28.4. The minimum atomic E-state index is -1.44. The first-order valence-electron chi connectivity index (χ1n) is 5.90. The van der Waals surface area contributed by atoms with Crippen molar-refractivity contribution in [3.63, 3.8) is 0 Å². The van der Waals surface area contributed by atoms with Crippen molar-refractivity contribution in [2.24, 2.45) is 10.8 Å². The molecule has 0 aromatic rings. The Morgan fingerprint density at radius 3 is 2.07 bits per heavy atom. The van der Waals surface area contributed by atoms with Gasteiger partial charge in [0.25, 0.3) is 0 Å². The van der Waals surface area contributed by atoms with Gasteiger partial charge in [-0.2, -0.15) is 0 Å². The van der Waals surface area contributed by atoms with Gasteiger partial charge in [-0.15, -0.1) is 0 Å². The Morgan fingerprint density at radius 1 is 1.13 bits per heavy atom. The Labute approximate surface area is 96.0 Å². The molecule has 2 heteroatoms. The molecule has 0 bridgehead atoms. The summed E-state index contributed by atoms with van der Waals surface area (Å²) in [6.45, 7) is 16.1. The molecule has 0 aromatic carbocycles. The molecule has 0 aromatic heterocycles. The van der Waals surface area contributed by atoms with Crippen LogP contribution in [-0.2, 0) is 4.43 Å². The van der Waals surface area contributed by atoms with E-state index in [-0.39, 0.29) is 5.41 Å². The first-order chi connectivity index (χ1) is 6.49. The van der Waals surface area contributed by atoms with Crippen molar-refractivity contribution in [3.05, 3.63) is 11.8 Å². The van der Waals surface area contributed by atoms with Gasteiger partial charge in [0.1, 0.15) is 0 Å². The van der Waals surface area contributed by atoms with E-state index in [1.165, 1.54) is 12.2 Å². The van der Waals surface area contributed by atoms with Gasteiger partial charge in [0.15, 0.2) is 0 Å². The SMILES string of the molecule is CC1(C)C=C(O[Si](C)(C)C)CC(C)(C)C1. The lowest BCUT2D eigenvalue weighted by Crippen LogP contribution is -2.32. The molecule has 0 fully saturated rings. The fraction of sp³-hybridized carbons (Fsp3) is 0.846. The van der Waals surface area contributed by atoms with Crippen LogP contribution in [0.4, 0.5) is 0 Å². The fourth-order valence-corrected chi connectivity index (χ4v) is 3.68. The van der Waals surface area contributed by atoms with Gasteiger partial charge >= 0.3 is 0 Å². The monoisotopic (exact) mass is 226 g/mol. The molecule has 88 valence electrons. The zero-order chi connectivity index (χ0) is 11.9. The minimum absolute atomic E-state index is 0.288. The van der Waals surface area contributed by atoms with Crippen molar-refractivity contribution < 1.29 is 4.43 Å². The summed E-state index contributed by atoms with van der Waals surface area (Å²) in [5.74, 6) is 1.23. The molecule has 0 saturated heterocycles. The van der Waals surface area contributed by atoms with Crippen LogP contribution < -0.4 is 0 Å². The van der Waals surface area contributed by atoms with Crippen LogP contribution in [0.2, 0.25) is 19.6 Å². The Bertz CT molecular complexity index is 269. The van der Waals surface area contributed by atoms with Crippen LogP contribution in [0.5, 0.6) is 0 Å². The van der Waals surface area contributed by atoms with E-state index >= 15 is 0 Å². The van der Waals surface area contributed by atoms with Gasteiger partial charge in [0.05, 0.1) is 5.76 Å². The normalized spacial score (nSPS) is 24.6. The van der Waals surface area contributed by atoms with E-state index in [0.29, 0.717) is 5.41 Å². The summed E-state index contributed by atoms with van der Waals surface area (Å²) in [4.78, 5) is 0. The highest BCUT2D eigenvalue weighted by Gasteiger charge is 2.35. The smallest absolute Gasteiger partial charge is 0.241 e.